The molecule has 0 radical (unpaired) electrons. The SMILES string of the molecule is CCCCCCC(=O)NC(CC)CBr. The number of amides is 1. The summed E-state index contributed by atoms with van der Waals surface area (Å²) >= 11 is 3.38. The molecule has 0 heterocycles. The summed E-state index contributed by atoms with van der Waals surface area (Å²) in [6.45, 7) is 4.27. The lowest BCUT2D eigenvalue weighted by atomic mass is 10.1. The lowest BCUT2D eigenvalue weighted by Crippen LogP contribution is -2.35. The van der Waals surface area contributed by atoms with Crippen LogP contribution in [0.25, 0.3) is 0 Å². The van der Waals surface area contributed by atoms with Crippen LogP contribution in [-0.4, -0.2) is 17.3 Å². The van der Waals surface area contributed by atoms with Crippen molar-refractivity contribution < 1.29 is 4.79 Å². The van der Waals surface area contributed by atoms with Crippen LogP contribution >= 0.6 is 15.9 Å². The van der Waals surface area contributed by atoms with Gasteiger partial charge in [0.15, 0.2) is 0 Å². The zero-order chi connectivity index (χ0) is 10.8. The molecule has 0 spiro atoms. The van der Waals surface area contributed by atoms with Crippen molar-refractivity contribution >= 4 is 21.8 Å². The number of hydrogen-bond donors (Lipinski definition) is 1. The van der Waals surface area contributed by atoms with Gasteiger partial charge in [-0.25, -0.2) is 0 Å². The van der Waals surface area contributed by atoms with E-state index >= 15 is 0 Å². The molecule has 3 heteroatoms. The molecule has 0 fully saturated rings. The minimum absolute atomic E-state index is 0.201. The Bertz CT molecular complexity index is 146. The van der Waals surface area contributed by atoms with Crippen molar-refractivity contribution in [2.75, 3.05) is 5.33 Å². The van der Waals surface area contributed by atoms with Crippen LogP contribution in [0.1, 0.15) is 52.4 Å². The zero-order valence-corrected chi connectivity index (χ0v) is 10.9. The Morgan fingerprint density at radius 3 is 2.50 bits per heavy atom. The van der Waals surface area contributed by atoms with E-state index in [1.165, 1.54) is 19.3 Å². The molecule has 0 aliphatic heterocycles. The summed E-state index contributed by atoms with van der Waals surface area (Å²) in [5.41, 5.74) is 0. The Morgan fingerprint density at radius 2 is 2.00 bits per heavy atom. The van der Waals surface area contributed by atoms with E-state index in [2.05, 4.69) is 35.1 Å². The van der Waals surface area contributed by atoms with Crippen molar-refractivity contribution in [3.8, 4) is 0 Å². The van der Waals surface area contributed by atoms with Crippen LogP contribution in [0.5, 0.6) is 0 Å². The number of halogens is 1. The summed E-state index contributed by atoms with van der Waals surface area (Å²) < 4.78 is 0. The number of rotatable bonds is 8. The normalized spacial score (nSPS) is 12.5. The quantitative estimate of drug-likeness (QED) is 0.529. The molecule has 1 amide bonds. The number of carbonyl (C=O) groups excluding carboxylic acids is 1. The first-order valence-corrected chi connectivity index (χ1v) is 6.72. The van der Waals surface area contributed by atoms with Crippen molar-refractivity contribution in [1.29, 1.82) is 0 Å². The highest BCUT2D eigenvalue weighted by Gasteiger charge is 2.07. The molecule has 1 unspecified atom stereocenters. The smallest absolute Gasteiger partial charge is 0.220 e. The third-order valence-corrected chi connectivity index (χ3v) is 3.08. The summed E-state index contributed by atoms with van der Waals surface area (Å²) in [5, 5.41) is 3.86. The summed E-state index contributed by atoms with van der Waals surface area (Å²) in [5.74, 6) is 0.201. The number of carbonyl (C=O) groups is 1. The Labute approximate surface area is 96.0 Å². The second-order valence-electron chi connectivity index (χ2n) is 3.64. The van der Waals surface area contributed by atoms with Gasteiger partial charge in [0.1, 0.15) is 0 Å². The van der Waals surface area contributed by atoms with E-state index < -0.39 is 0 Å². The van der Waals surface area contributed by atoms with E-state index in [0.29, 0.717) is 12.5 Å². The van der Waals surface area contributed by atoms with Crippen molar-refractivity contribution in [2.45, 2.75) is 58.4 Å². The van der Waals surface area contributed by atoms with Crippen molar-refractivity contribution in [3.63, 3.8) is 0 Å². The molecule has 0 saturated carbocycles. The van der Waals surface area contributed by atoms with Crippen LogP contribution in [0, 0.1) is 0 Å². The Hall–Kier alpha value is -0.0500. The van der Waals surface area contributed by atoms with Crippen molar-refractivity contribution in [2.24, 2.45) is 0 Å². The molecular formula is C11H22BrNO. The highest BCUT2D eigenvalue weighted by molar-refractivity contribution is 9.09. The van der Waals surface area contributed by atoms with Crippen LogP contribution in [0.2, 0.25) is 0 Å². The summed E-state index contributed by atoms with van der Waals surface area (Å²) in [6.07, 6.45) is 6.34. The largest absolute Gasteiger partial charge is 0.353 e. The standard InChI is InChI=1S/C11H22BrNO/c1-3-5-6-7-8-11(14)13-10(4-2)9-12/h10H,3-9H2,1-2H3,(H,13,14). The molecule has 1 N–H and O–H groups in total. The molecule has 0 bridgehead atoms. The maximum Gasteiger partial charge on any atom is 0.220 e. The highest BCUT2D eigenvalue weighted by Crippen LogP contribution is 2.03. The Morgan fingerprint density at radius 1 is 1.29 bits per heavy atom. The average molecular weight is 264 g/mol. The molecule has 0 aliphatic carbocycles. The molecule has 0 aromatic rings. The van der Waals surface area contributed by atoms with E-state index in [4.69, 9.17) is 0 Å². The van der Waals surface area contributed by atoms with Gasteiger partial charge in [-0.1, -0.05) is 49.0 Å². The minimum atomic E-state index is 0.201. The topological polar surface area (TPSA) is 29.1 Å². The van der Waals surface area contributed by atoms with Crippen LogP contribution < -0.4 is 5.32 Å². The summed E-state index contributed by atoms with van der Waals surface area (Å²) in [6, 6.07) is 0.300. The fourth-order valence-electron chi connectivity index (χ4n) is 1.26. The Balaban J connectivity index is 3.44. The number of unbranched alkanes of at least 4 members (excludes halogenated alkanes) is 3. The van der Waals surface area contributed by atoms with Gasteiger partial charge >= 0.3 is 0 Å². The minimum Gasteiger partial charge on any atom is -0.353 e. The fourth-order valence-corrected chi connectivity index (χ4v) is 1.88. The second kappa shape index (κ2) is 9.50. The fraction of sp³-hybridized carbons (Fsp3) is 0.909. The van der Waals surface area contributed by atoms with Gasteiger partial charge in [0.25, 0.3) is 0 Å². The first kappa shape index (κ1) is 13.9. The third-order valence-electron chi connectivity index (χ3n) is 2.30. The first-order chi connectivity index (χ1) is 6.74. The summed E-state index contributed by atoms with van der Waals surface area (Å²) in [7, 11) is 0. The van der Waals surface area contributed by atoms with Crippen molar-refractivity contribution in [3.05, 3.63) is 0 Å². The van der Waals surface area contributed by atoms with Gasteiger partial charge in [-0.15, -0.1) is 0 Å². The average Bonchev–Trinajstić information content (AvgIpc) is 2.21. The maximum absolute atomic E-state index is 11.4. The molecule has 14 heavy (non-hydrogen) atoms. The zero-order valence-electron chi connectivity index (χ0n) is 9.31. The molecule has 2 nitrogen and oxygen atoms in total. The molecule has 0 saturated heterocycles. The molecule has 0 aliphatic rings. The number of alkyl halides is 1. The van der Waals surface area contributed by atoms with Gasteiger partial charge in [0, 0.05) is 17.8 Å². The third kappa shape index (κ3) is 7.36. The van der Waals surface area contributed by atoms with Gasteiger partial charge in [0.05, 0.1) is 0 Å². The molecule has 1 atom stereocenters. The molecular weight excluding hydrogens is 242 g/mol. The van der Waals surface area contributed by atoms with Gasteiger partial charge in [-0.2, -0.15) is 0 Å². The second-order valence-corrected chi connectivity index (χ2v) is 4.29. The van der Waals surface area contributed by atoms with E-state index in [1.807, 2.05) is 0 Å². The maximum atomic E-state index is 11.4. The van der Waals surface area contributed by atoms with Crippen LogP contribution in [0.15, 0.2) is 0 Å². The number of hydrogen-bond acceptors (Lipinski definition) is 1. The predicted octanol–water partition coefficient (Wildman–Crippen LogP) is 3.25. The molecule has 0 aromatic carbocycles. The van der Waals surface area contributed by atoms with Gasteiger partial charge < -0.3 is 5.32 Å². The monoisotopic (exact) mass is 263 g/mol. The molecule has 84 valence electrons. The lowest BCUT2D eigenvalue weighted by molar-refractivity contribution is -0.121. The van der Waals surface area contributed by atoms with Gasteiger partial charge in [-0.3, -0.25) is 4.79 Å². The van der Waals surface area contributed by atoms with E-state index in [1.54, 1.807) is 0 Å². The van der Waals surface area contributed by atoms with Crippen molar-refractivity contribution in [1.82, 2.24) is 5.32 Å². The predicted molar refractivity (Wildman–Crippen MR) is 64.8 cm³/mol. The number of nitrogens with one attached hydrogen (secondary N) is 1. The van der Waals surface area contributed by atoms with Gasteiger partial charge in [-0.05, 0) is 12.8 Å². The van der Waals surface area contributed by atoms with Crippen LogP contribution in [0.3, 0.4) is 0 Å². The first-order valence-electron chi connectivity index (χ1n) is 5.59. The molecule has 0 rings (SSSR count). The van der Waals surface area contributed by atoms with E-state index in [0.717, 1.165) is 18.2 Å². The summed E-state index contributed by atoms with van der Waals surface area (Å²) in [4.78, 5) is 11.4. The van der Waals surface area contributed by atoms with Gasteiger partial charge in [0.2, 0.25) is 5.91 Å². The van der Waals surface area contributed by atoms with Crippen LogP contribution in [-0.2, 0) is 4.79 Å². The lowest BCUT2D eigenvalue weighted by Gasteiger charge is -2.13. The highest BCUT2D eigenvalue weighted by atomic mass is 79.9. The van der Waals surface area contributed by atoms with E-state index in [9.17, 15) is 4.79 Å². The molecule has 0 aromatic heterocycles. The van der Waals surface area contributed by atoms with Crippen LogP contribution in [0.4, 0.5) is 0 Å². The van der Waals surface area contributed by atoms with E-state index in [-0.39, 0.29) is 5.91 Å². The Kier molecular flexibility index (Phi) is 9.47.